The molecule has 0 fully saturated rings. The van der Waals surface area contributed by atoms with Crippen molar-refractivity contribution >= 4 is 26.5 Å². The number of aromatic nitrogens is 1. The first-order valence-corrected chi connectivity index (χ1v) is 11.9. The van der Waals surface area contributed by atoms with Crippen molar-refractivity contribution in [3.63, 3.8) is 0 Å². The molecule has 0 saturated heterocycles. The smallest absolute Gasteiger partial charge is 0.416 e. The first-order chi connectivity index (χ1) is 14.9. The Bertz CT molecular complexity index is 1210. The maximum absolute atomic E-state index is 12.8. The third kappa shape index (κ3) is 4.83. The van der Waals surface area contributed by atoms with Crippen LogP contribution in [-0.4, -0.2) is 19.0 Å². The highest BCUT2D eigenvalue weighted by Crippen LogP contribution is 2.43. The largest absolute Gasteiger partial charge is 0.487 e. The zero-order valence-electron chi connectivity index (χ0n) is 17.0. The molecule has 0 spiro atoms. The fourth-order valence-electron chi connectivity index (χ4n) is 3.37. The van der Waals surface area contributed by atoms with E-state index < -0.39 is 33.5 Å². The molecule has 2 aromatic carbocycles. The summed E-state index contributed by atoms with van der Waals surface area (Å²) in [7, 11) is -3.88. The number of thiazole rings is 1. The second-order valence-electron chi connectivity index (χ2n) is 7.84. The summed E-state index contributed by atoms with van der Waals surface area (Å²) in [6, 6.07) is 8.88. The summed E-state index contributed by atoms with van der Waals surface area (Å²) >= 11 is 1.15. The number of sulfonamides is 1. The van der Waals surface area contributed by atoms with Gasteiger partial charge in [-0.1, -0.05) is 6.07 Å². The SMILES string of the molecule is CC1(C)C[C@@H](Oc2ccc(C(F)(F)F)cc2)c2ccc(S(=O)(=O)Nc3nccs3)cc2O1. The van der Waals surface area contributed by atoms with Crippen LogP contribution in [0.15, 0.2) is 58.9 Å². The third-order valence-electron chi connectivity index (χ3n) is 4.82. The average Bonchev–Trinajstić information content (AvgIpc) is 3.18. The van der Waals surface area contributed by atoms with Crippen LogP contribution in [0, 0.1) is 0 Å². The first kappa shape index (κ1) is 22.4. The molecule has 1 atom stereocenters. The number of rotatable bonds is 5. The number of nitrogens with zero attached hydrogens (tertiary/aromatic N) is 1. The lowest BCUT2D eigenvalue weighted by Gasteiger charge is -2.37. The third-order valence-corrected chi connectivity index (χ3v) is 6.97. The lowest BCUT2D eigenvalue weighted by atomic mass is 9.91. The number of hydrogen-bond donors (Lipinski definition) is 1. The monoisotopic (exact) mass is 484 g/mol. The van der Waals surface area contributed by atoms with Crippen LogP contribution in [0.4, 0.5) is 18.3 Å². The van der Waals surface area contributed by atoms with Crippen LogP contribution in [0.3, 0.4) is 0 Å². The maximum Gasteiger partial charge on any atom is 0.416 e. The second-order valence-corrected chi connectivity index (χ2v) is 10.4. The minimum Gasteiger partial charge on any atom is -0.487 e. The number of alkyl halides is 3. The van der Waals surface area contributed by atoms with Crippen molar-refractivity contribution in [2.75, 3.05) is 4.72 Å². The Morgan fingerprint density at radius 3 is 2.53 bits per heavy atom. The Kier molecular flexibility index (Phi) is 5.58. The topological polar surface area (TPSA) is 77.5 Å². The lowest BCUT2D eigenvalue weighted by Crippen LogP contribution is -2.36. The van der Waals surface area contributed by atoms with Crippen molar-refractivity contribution in [2.45, 2.75) is 43.0 Å². The molecule has 170 valence electrons. The molecule has 4 rings (SSSR count). The Hall–Kier alpha value is -2.79. The fraction of sp³-hybridized carbons (Fsp3) is 0.286. The number of halogens is 3. The Balaban J connectivity index is 1.62. The van der Waals surface area contributed by atoms with E-state index in [9.17, 15) is 21.6 Å². The molecule has 6 nitrogen and oxygen atoms in total. The summed E-state index contributed by atoms with van der Waals surface area (Å²) in [4.78, 5) is 3.92. The van der Waals surface area contributed by atoms with E-state index in [1.807, 2.05) is 13.8 Å². The van der Waals surface area contributed by atoms with Crippen molar-refractivity contribution in [3.05, 3.63) is 65.2 Å². The highest BCUT2D eigenvalue weighted by atomic mass is 32.2. The summed E-state index contributed by atoms with van der Waals surface area (Å²) in [6.07, 6.45) is -3.05. The molecular formula is C21H19F3N2O4S2. The van der Waals surface area contributed by atoms with Crippen LogP contribution in [0.2, 0.25) is 0 Å². The number of benzene rings is 2. The van der Waals surface area contributed by atoms with Gasteiger partial charge >= 0.3 is 6.18 Å². The van der Waals surface area contributed by atoms with Crippen LogP contribution >= 0.6 is 11.3 Å². The summed E-state index contributed by atoms with van der Waals surface area (Å²) in [5.74, 6) is 0.606. The predicted octanol–water partition coefficient (Wildman–Crippen LogP) is 5.64. The van der Waals surface area contributed by atoms with Gasteiger partial charge in [-0.05, 0) is 44.2 Å². The van der Waals surface area contributed by atoms with Crippen molar-refractivity contribution in [1.29, 1.82) is 0 Å². The van der Waals surface area contributed by atoms with E-state index in [4.69, 9.17) is 9.47 Å². The molecule has 1 aromatic heterocycles. The summed E-state index contributed by atoms with van der Waals surface area (Å²) in [5.41, 5.74) is -0.841. The molecular weight excluding hydrogens is 465 g/mol. The minimum atomic E-state index is -4.43. The van der Waals surface area contributed by atoms with Gasteiger partial charge in [-0.2, -0.15) is 13.2 Å². The fourth-order valence-corrected chi connectivity index (χ4v) is 5.18. The molecule has 0 radical (unpaired) electrons. The minimum absolute atomic E-state index is 0.00238. The van der Waals surface area contributed by atoms with E-state index in [1.165, 1.54) is 30.5 Å². The van der Waals surface area contributed by atoms with Gasteiger partial charge in [0.05, 0.1) is 10.5 Å². The molecule has 11 heteroatoms. The second kappa shape index (κ2) is 7.96. The highest BCUT2D eigenvalue weighted by Gasteiger charge is 2.36. The van der Waals surface area contributed by atoms with Gasteiger partial charge in [-0.3, -0.25) is 4.72 Å². The van der Waals surface area contributed by atoms with Crippen molar-refractivity contribution in [1.82, 2.24) is 4.98 Å². The summed E-state index contributed by atoms with van der Waals surface area (Å²) < 4.78 is 78.2. The molecule has 0 saturated carbocycles. The van der Waals surface area contributed by atoms with E-state index in [-0.39, 0.29) is 15.8 Å². The number of nitrogens with one attached hydrogen (secondary N) is 1. The van der Waals surface area contributed by atoms with Gasteiger partial charge in [0.1, 0.15) is 23.2 Å². The predicted molar refractivity (Wildman–Crippen MR) is 114 cm³/mol. The Morgan fingerprint density at radius 1 is 1.19 bits per heavy atom. The quantitative estimate of drug-likeness (QED) is 0.507. The van der Waals surface area contributed by atoms with Gasteiger partial charge in [0.2, 0.25) is 0 Å². The molecule has 2 heterocycles. The van der Waals surface area contributed by atoms with Gasteiger partial charge in [-0.25, -0.2) is 13.4 Å². The summed E-state index contributed by atoms with van der Waals surface area (Å²) in [5, 5.41) is 1.90. The molecule has 32 heavy (non-hydrogen) atoms. The van der Waals surface area contributed by atoms with Crippen LogP contribution in [0.25, 0.3) is 0 Å². The van der Waals surface area contributed by atoms with Crippen LogP contribution in [0.1, 0.15) is 37.5 Å². The highest BCUT2D eigenvalue weighted by molar-refractivity contribution is 7.93. The molecule has 3 aromatic rings. The van der Waals surface area contributed by atoms with E-state index in [0.717, 1.165) is 23.5 Å². The van der Waals surface area contributed by atoms with Gasteiger partial charge in [0.25, 0.3) is 10.0 Å². The zero-order valence-corrected chi connectivity index (χ0v) is 18.6. The molecule has 1 aliphatic rings. The lowest BCUT2D eigenvalue weighted by molar-refractivity contribution is -0.137. The first-order valence-electron chi connectivity index (χ1n) is 9.52. The van der Waals surface area contributed by atoms with Crippen molar-refractivity contribution in [2.24, 2.45) is 0 Å². The van der Waals surface area contributed by atoms with Gasteiger partial charge < -0.3 is 9.47 Å². The van der Waals surface area contributed by atoms with Crippen molar-refractivity contribution in [3.8, 4) is 11.5 Å². The Morgan fingerprint density at radius 2 is 1.91 bits per heavy atom. The molecule has 1 aliphatic heterocycles. The molecule has 0 aliphatic carbocycles. The number of fused-ring (bicyclic) bond motifs is 1. The standard InChI is InChI=1S/C21H19F3N2O4S2/c1-20(2)12-18(29-14-5-3-13(4-6-14)21(22,23)24)16-8-7-15(11-17(16)30-20)32(27,28)26-19-25-9-10-31-19/h3-11,18H,12H2,1-2H3,(H,25,26)/t18-/m1/s1. The number of anilines is 1. The van der Waals surface area contributed by atoms with Gasteiger partial charge in [0.15, 0.2) is 5.13 Å². The zero-order chi connectivity index (χ0) is 23.1. The van der Waals surface area contributed by atoms with Gasteiger partial charge in [-0.15, -0.1) is 11.3 Å². The van der Waals surface area contributed by atoms with Crippen LogP contribution in [0.5, 0.6) is 11.5 Å². The summed E-state index contributed by atoms with van der Waals surface area (Å²) in [6.45, 7) is 3.65. The van der Waals surface area contributed by atoms with E-state index >= 15 is 0 Å². The van der Waals surface area contributed by atoms with E-state index in [0.29, 0.717) is 17.7 Å². The van der Waals surface area contributed by atoms with E-state index in [2.05, 4.69) is 9.71 Å². The van der Waals surface area contributed by atoms with Crippen LogP contribution in [-0.2, 0) is 16.2 Å². The van der Waals surface area contributed by atoms with Crippen LogP contribution < -0.4 is 14.2 Å². The van der Waals surface area contributed by atoms with Crippen molar-refractivity contribution < 1.29 is 31.1 Å². The normalized spacial score (nSPS) is 17.8. The molecule has 1 N–H and O–H groups in total. The maximum atomic E-state index is 12.8. The Labute approximate surface area is 187 Å². The van der Waals surface area contributed by atoms with E-state index in [1.54, 1.807) is 11.4 Å². The molecule has 0 bridgehead atoms. The molecule has 0 unspecified atom stereocenters. The number of hydrogen-bond acceptors (Lipinski definition) is 6. The van der Waals surface area contributed by atoms with Gasteiger partial charge in [0, 0.05) is 29.6 Å². The number of ether oxygens (including phenoxy) is 2. The average molecular weight is 485 g/mol. The molecule has 0 amide bonds.